The molecule has 0 bridgehead atoms. The summed E-state index contributed by atoms with van der Waals surface area (Å²) in [6.45, 7) is 3.67. The van der Waals surface area contributed by atoms with E-state index in [1.807, 2.05) is 37.3 Å². The van der Waals surface area contributed by atoms with Crippen molar-refractivity contribution in [3.8, 4) is 11.5 Å². The quantitative estimate of drug-likeness (QED) is 0.573. The van der Waals surface area contributed by atoms with E-state index in [0.717, 1.165) is 18.4 Å². The molecule has 1 saturated carbocycles. The average Bonchev–Trinajstić information content (AvgIpc) is 3.35. The minimum Gasteiger partial charge on any atom is -0.455 e. The van der Waals surface area contributed by atoms with E-state index in [1.54, 1.807) is 23.1 Å². The van der Waals surface area contributed by atoms with E-state index in [1.165, 1.54) is 0 Å². The Balaban J connectivity index is 1.34. The van der Waals surface area contributed by atoms with Gasteiger partial charge in [0.15, 0.2) is 12.4 Å². The maximum Gasteiger partial charge on any atom is 0.313 e. The molecule has 2 aliphatic rings. The molecule has 0 spiro atoms. The van der Waals surface area contributed by atoms with Gasteiger partial charge >= 0.3 is 5.97 Å². The highest BCUT2D eigenvalue weighted by atomic mass is 16.5. The van der Waals surface area contributed by atoms with Crippen molar-refractivity contribution in [3.05, 3.63) is 54.1 Å². The number of hydrogen-bond donors (Lipinski definition) is 1. The summed E-state index contributed by atoms with van der Waals surface area (Å²) in [6.07, 6.45) is 3.02. The summed E-state index contributed by atoms with van der Waals surface area (Å²) in [4.78, 5) is 40.2. The summed E-state index contributed by atoms with van der Waals surface area (Å²) in [5.41, 5.74) is 0.738. The molecule has 1 aliphatic heterocycles. The third-order valence-electron chi connectivity index (χ3n) is 6.59. The molecule has 2 aromatic carbocycles. The maximum absolute atomic E-state index is 13.1. The highest BCUT2D eigenvalue weighted by Gasteiger charge is 2.45. The van der Waals surface area contributed by atoms with E-state index in [-0.39, 0.29) is 12.3 Å². The van der Waals surface area contributed by atoms with Gasteiger partial charge in [0.25, 0.3) is 5.91 Å². The number of esters is 1. The lowest BCUT2D eigenvalue weighted by molar-refractivity contribution is -0.161. The zero-order chi connectivity index (χ0) is 24.7. The number of rotatable bonds is 8. The number of carbonyl (C=O) groups excluding carboxylic acids is 3. The summed E-state index contributed by atoms with van der Waals surface area (Å²) in [7, 11) is 0. The van der Waals surface area contributed by atoms with E-state index in [0.29, 0.717) is 56.3 Å². The van der Waals surface area contributed by atoms with E-state index in [4.69, 9.17) is 14.2 Å². The third kappa shape index (κ3) is 6.39. The molecular weight excluding hydrogens is 448 g/mol. The number of nitrogens with zero attached hydrogens (tertiary/aromatic N) is 1. The van der Waals surface area contributed by atoms with Gasteiger partial charge in [-0.3, -0.25) is 14.4 Å². The van der Waals surface area contributed by atoms with Gasteiger partial charge in [-0.05, 0) is 44.0 Å². The summed E-state index contributed by atoms with van der Waals surface area (Å²) in [6, 6.07) is 14.7. The Hall–Kier alpha value is -3.39. The van der Waals surface area contributed by atoms with Gasteiger partial charge in [-0.15, -0.1) is 0 Å². The fourth-order valence-electron chi connectivity index (χ4n) is 4.58. The second-order valence-corrected chi connectivity index (χ2v) is 9.19. The van der Waals surface area contributed by atoms with Crippen molar-refractivity contribution in [2.24, 2.45) is 5.41 Å². The van der Waals surface area contributed by atoms with Gasteiger partial charge < -0.3 is 24.4 Å². The molecule has 1 heterocycles. The zero-order valence-electron chi connectivity index (χ0n) is 20.1. The van der Waals surface area contributed by atoms with Gasteiger partial charge in [-0.1, -0.05) is 42.7 Å². The van der Waals surface area contributed by atoms with Gasteiger partial charge in [-0.2, -0.15) is 0 Å². The van der Waals surface area contributed by atoms with Crippen molar-refractivity contribution < 1.29 is 28.6 Å². The Bertz CT molecular complexity index is 1040. The van der Waals surface area contributed by atoms with Crippen LogP contribution in [0.2, 0.25) is 0 Å². The molecule has 1 N–H and O–H groups in total. The van der Waals surface area contributed by atoms with Gasteiger partial charge in [-0.25, -0.2) is 0 Å². The van der Waals surface area contributed by atoms with E-state index in [9.17, 15) is 14.4 Å². The number of anilines is 1. The number of aryl methyl sites for hydroxylation is 1. The number of para-hydroxylation sites is 2. The van der Waals surface area contributed by atoms with Crippen LogP contribution in [0.25, 0.3) is 0 Å². The molecule has 186 valence electrons. The van der Waals surface area contributed by atoms with Gasteiger partial charge in [0, 0.05) is 19.5 Å². The monoisotopic (exact) mass is 480 g/mol. The molecule has 0 aromatic heterocycles. The molecule has 2 fully saturated rings. The van der Waals surface area contributed by atoms with Crippen molar-refractivity contribution in [2.45, 2.75) is 39.0 Å². The van der Waals surface area contributed by atoms with Crippen LogP contribution in [0.5, 0.6) is 11.5 Å². The number of hydrogen-bond acceptors (Lipinski definition) is 6. The molecule has 0 unspecified atom stereocenters. The molecule has 35 heavy (non-hydrogen) atoms. The van der Waals surface area contributed by atoms with Crippen LogP contribution in [0, 0.1) is 12.3 Å². The lowest BCUT2D eigenvalue weighted by Gasteiger charge is -2.31. The molecule has 8 nitrogen and oxygen atoms in total. The van der Waals surface area contributed by atoms with Crippen LogP contribution in [0.1, 0.15) is 37.7 Å². The van der Waals surface area contributed by atoms with Gasteiger partial charge in [0.1, 0.15) is 5.75 Å². The van der Waals surface area contributed by atoms with Crippen LogP contribution >= 0.6 is 0 Å². The SMILES string of the molecule is Cc1ccc(Oc2ccccc2NC(=O)COC(=O)C2(CC(=O)N3CCOCC3)CCCC2)cc1. The number of ether oxygens (including phenoxy) is 3. The fraction of sp³-hybridized carbons (Fsp3) is 0.444. The summed E-state index contributed by atoms with van der Waals surface area (Å²) in [5.74, 6) is 0.136. The smallest absolute Gasteiger partial charge is 0.313 e. The molecule has 4 rings (SSSR count). The topological polar surface area (TPSA) is 94.2 Å². The number of benzene rings is 2. The predicted octanol–water partition coefficient (Wildman–Crippen LogP) is 4.08. The Morgan fingerprint density at radius 3 is 2.40 bits per heavy atom. The average molecular weight is 481 g/mol. The number of amides is 2. The number of morpholine rings is 1. The lowest BCUT2D eigenvalue weighted by atomic mass is 9.82. The molecule has 0 atom stereocenters. The van der Waals surface area contributed by atoms with Crippen molar-refractivity contribution in [3.63, 3.8) is 0 Å². The highest BCUT2D eigenvalue weighted by Crippen LogP contribution is 2.42. The van der Waals surface area contributed by atoms with Crippen LogP contribution < -0.4 is 10.1 Å². The van der Waals surface area contributed by atoms with Crippen molar-refractivity contribution >= 4 is 23.5 Å². The fourth-order valence-corrected chi connectivity index (χ4v) is 4.58. The Morgan fingerprint density at radius 2 is 1.69 bits per heavy atom. The van der Waals surface area contributed by atoms with Gasteiger partial charge in [0.05, 0.1) is 24.3 Å². The first kappa shape index (κ1) is 24.7. The molecule has 1 aliphatic carbocycles. The number of nitrogens with one attached hydrogen (secondary N) is 1. The van der Waals surface area contributed by atoms with E-state index >= 15 is 0 Å². The first-order chi connectivity index (χ1) is 16.9. The molecule has 1 saturated heterocycles. The Kier molecular flexibility index (Phi) is 8.02. The molecule has 2 aromatic rings. The zero-order valence-corrected chi connectivity index (χ0v) is 20.1. The highest BCUT2D eigenvalue weighted by molar-refractivity contribution is 5.95. The number of carbonyl (C=O) groups is 3. The van der Waals surface area contributed by atoms with Crippen LogP contribution in [-0.2, 0) is 23.9 Å². The van der Waals surface area contributed by atoms with Crippen LogP contribution in [-0.4, -0.2) is 55.6 Å². The predicted molar refractivity (Wildman–Crippen MR) is 130 cm³/mol. The normalized spacial score (nSPS) is 17.0. The summed E-state index contributed by atoms with van der Waals surface area (Å²) >= 11 is 0. The van der Waals surface area contributed by atoms with E-state index in [2.05, 4.69) is 5.32 Å². The third-order valence-corrected chi connectivity index (χ3v) is 6.59. The molecular formula is C27H32N2O6. The van der Waals surface area contributed by atoms with Crippen molar-refractivity contribution in [2.75, 3.05) is 38.2 Å². The van der Waals surface area contributed by atoms with Crippen LogP contribution in [0.15, 0.2) is 48.5 Å². The summed E-state index contributed by atoms with van der Waals surface area (Å²) < 4.78 is 16.7. The standard InChI is InChI=1S/C27H32N2O6/c1-20-8-10-21(11-9-20)35-23-7-3-2-6-22(23)28-24(30)19-34-26(32)27(12-4-5-13-27)18-25(31)29-14-16-33-17-15-29/h2-3,6-11H,4-5,12-19H2,1H3,(H,28,30). The maximum atomic E-state index is 13.1. The van der Waals surface area contributed by atoms with Gasteiger partial charge in [0.2, 0.25) is 5.91 Å². The Morgan fingerprint density at radius 1 is 1.00 bits per heavy atom. The first-order valence-electron chi connectivity index (χ1n) is 12.1. The largest absolute Gasteiger partial charge is 0.455 e. The van der Waals surface area contributed by atoms with Crippen molar-refractivity contribution in [1.82, 2.24) is 4.90 Å². The second-order valence-electron chi connectivity index (χ2n) is 9.19. The van der Waals surface area contributed by atoms with Crippen LogP contribution in [0.4, 0.5) is 5.69 Å². The molecule has 8 heteroatoms. The van der Waals surface area contributed by atoms with Crippen LogP contribution in [0.3, 0.4) is 0 Å². The molecule has 2 amide bonds. The summed E-state index contributed by atoms with van der Waals surface area (Å²) in [5, 5.41) is 2.76. The van der Waals surface area contributed by atoms with E-state index < -0.39 is 23.9 Å². The minimum absolute atomic E-state index is 0.0567. The Labute approximate surface area is 205 Å². The minimum atomic E-state index is -0.859. The molecule has 0 radical (unpaired) electrons. The first-order valence-corrected chi connectivity index (χ1v) is 12.1. The van der Waals surface area contributed by atoms with Crippen molar-refractivity contribution in [1.29, 1.82) is 0 Å². The lowest BCUT2D eigenvalue weighted by Crippen LogP contribution is -2.44. The second kappa shape index (κ2) is 11.4.